The predicted molar refractivity (Wildman–Crippen MR) is 52.3 cm³/mol. The van der Waals surface area contributed by atoms with Crippen molar-refractivity contribution in [2.75, 3.05) is 11.9 Å². The highest BCUT2D eigenvalue weighted by Crippen LogP contribution is 2.16. The molecule has 1 unspecified atom stereocenters. The smallest absolute Gasteiger partial charge is 0.165 e. The summed E-state index contributed by atoms with van der Waals surface area (Å²) >= 11 is 0. The Morgan fingerprint density at radius 1 is 1.71 bits per heavy atom. The van der Waals surface area contributed by atoms with Crippen LogP contribution in [0.5, 0.6) is 0 Å². The number of nitrogens with zero attached hydrogens (tertiary/aromatic N) is 3. The maximum atomic E-state index is 13.3. The molecule has 0 saturated carbocycles. The molecule has 0 aliphatic rings. The van der Waals surface area contributed by atoms with Crippen molar-refractivity contribution in [3.63, 3.8) is 0 Å². The van der Waals surface area contributed by atoms with Gasteiger partial charge in [-0.05, 0) is 19.1 Å². The second-order valence-corrected chi connectivity index (χ2v) is 3.13. The summed E-state index contributed by atoms with van der Waals surface area (Å²) in [5.74, 6) is -0.0740. The van der Waals surface area contributed by atoms with E-state index in [9.17, 15) is 4.39 Å². The molecular formula is C10H12FN3. The molecule has 0 radical (unpaired) electrons. The molecule has 0 bridgehead atoms. The molecule has 3 nitrogen and oxygen atoms in total. The standard InChI is InChI=1S/C10H12FN3/c1-8(5-6-12)14(2)10-9(11)4-3-7-13-10/h3-4,7-8H,5H2,1-2H3. The van der Waals surface area contributed by atoms with Crippen LogP contribution in [0, 0.1) is 17.1 Å². The molecule has 74 valence electrons. The summed E-state index contributed by atoms with van der Waals surface area (Å²) in [6.07, 6.45) is 1.89. The summed E-state index contributed by atoms with van der Waals surface area (Å²) in [6.45, 7) is 1.86. The maximum absolute atomic E-state index is 13.3. The van der Waals surface area contributed by atoms with Crippen LogP contribution in [0.25, 0.3) is 0 Å². The lowest BCUT2D eigenvalue weighted by molar-refractivity contribution is 0.598. The molecule has 0 amide bonds. The van der Waals surface area contributed by atoms with E-state index >= 15 is 0 Å². The van der Waals surface area contributed by atoms with Gasteiger partial charge in [0.15, 0.2) is 11.6 Å². The molecule has 0 saturated heterocycles. The zero-order chi connectivity index (χ0) is 10.6. The zero-order valence-electron chi connectivity index (χ0n) is 8.24. The van der Waals surface area contributed by atoms with Gasteiger partial charge < -0.3 is 4.90 Å². The van der Waals surface area contributed by atoms with Crippen molar-refractivity contribution in [2.24, 2.45) is 0 Å². The van der Waals surface area contributed by atoms with Gasteiger partial charge in [0, 0.05) is 19.3 Å². The maximum Gasteiger partial charge on any atom is 0.165 e. The summed E-state index contributed by atoms with van der Waals surface area (Å²) in [5.41, 5.74) is 0. The number of hydrogen-bond donors (Lipinski definition) is 0. The molecule has 0 N–H and O–H groups in total. The molecule has 0 aliphatic carbocycles. The highest BCUT2D eigenvalue weighted by Gasteiger charge is 2.13. The fourth-order valence-electron chi connectivity index (χ4n) is 1.11. The lowest BCUT2D eigenvalue weighted by Crippen LogP contribution is -2.29. The van der Waals surface area contributed by atoms with Gasteiger partial charge in [0.2, 0.25) is 0 Å². The van der Waals surface area contributed by atoms with E-state index in [4.69, 9.17) is 5.26 Å². The van der Waals surface area contributed by atoms with E-state index in [-0.39, 0.29) is 17.7 Å². The van der Waals surface area contributed by atoms with E-state index in [1.807, 2.05) is 13.0 Å². The van der Waals surface area contributed by atoms with Crippen LogP contribution >= 0.6 is 0 Å². The Hall–Kier alpha value is -1.63. The highest BCUT2D eigenvalue weighted by molar-refractivity contribution is 5.39. The molecule has 1 rings (SSSR count). The quantitative estimate of drug-likeness (QED) is 0.736. The number of hydrogen-bond acceptors (Lipinski definition) is 3. The molecule has 14 heavy (non-hydrogen) atoms. The lowest BCUT2D eigenvalue weighted by atomic mass is 10.2. The van der Waals surface area contributed by atoms with Crippen molar-refractivity contribution in [1.29, 1.82) is 5.26 Å². The minimum absolute atomic E-state index is 0.0376. The molecule has 0 aliphatic heterocycles. The number of pyridine rings is 1. The first kappa shape index (κ1) is 10.5. The van der Waals surface area contributed by atoms with Crippen molar-refractivity contribution in [1.82, 2.24) is 4.98 Å². The van der Waals surface area contributed by atoms with Crippen molar-refractivity contribution in [3.8, 4) is 6.07 Å². The highest BCUT2D eigenvalue weighted by atomic mass is 19.1. The van der Waals surface area contributed by atoms with Gasteiger partial charge >= 0.3 is 0 Å². The molecule has 0 aromatic carbocycles. The van der Waals surface area contributed by atoms with Crippen LogP contribution in [0.4, 0.5) is 10.2 Å². The van der Waals surface area contributed by atoms with E-state index in [0.717, 1.165) is 0 Å². The average molecular weight is 193 g/mol. The van der Waals surface area contributed by atoms with Gasteiger partial charge in [0.25, 0.3) is 0 Å². The Balaban J connectivity index is 2.84. The fraction of sp³-hybridized carbons (Fsp3) is 0.400. The molecule has 1 aromatic heterocycles. The minimum atomic E-state index is -0.361. The molecule has 4 heteroatoms. The first-order chi connectivity index (χ1) is 6.66. The van der Waals surface area contributed by atoms with Crippen LogP contribution < -0.4 is 4.90 Å². The van der Waals surface area contributed by atoms with Crippen LogP contribution in [0.3, 0.4) is 0 Å². The number of nitriles is 1. The largest absolute Gasteiger partial charge is 0.354 e. The second kappa shape index (κ2) is 4.56. The van der Waals surface area contributed by atoms with Crippen molar-refractivity contribution in [2.45, 2.75) is 19.4 Å². The Bertz CT molecular complexity index is 345. The van der Waals surface area contributed by atoms with E-state index in [1.54, 1.807) is 18.0 Å². The molecule has 1 heterocycles. The summed E-state index contributed by atoms with van der Waals surface area (Å²) in [6, 6.07) is 4.91. The van der Waals surface area contributed by atoms with Gasteiger partial charge in [-0.25, -0.2) is 9.37 Å². The van der Waals surface area contributed by atoms with Gasteiger partial charge in [-0.1, -0.05) is 0 Å². The lowest BCUT2D eigenvalue weighted by Gasteiger charge is -2.23. The molecule has 0 fully saturated rings. The van der Waals surface area contributed by atoms with E-state index in [1.165, 1.54) is 12.3 Å². The summed E-state index contributed by atoms with van der Waals surface area (Å²) in [4.78, 5) is 5.59. The third-order valence-corrected chi connectivity index (χ3v) is 2.12. The first-order valence-electron chi connectivity index (χ1n) is 4.37. The third-order valence-electron chi connectivity index (χ3n) is 2.12. The van der Waals surface area contributed by atoms with E-state index in [0.29, 0.717) is 6.42 Å². The van der Waals surface area contributed by atoms with Crippen molar-refractivity contribution >= 4 is 5.82 Å². The normalized spacial score (nSPS) is 11.9. The van der Waals surface area contributed by atoms with Crippen molar-refractivity contribution in [3.05, 3.63) is 24.1 Å². The van der Waals surface area contributed by atoms with Gasteiger partial charge in [-0.2, -0.15) is 5.26 Å². The predicted octanol–water partition coefficient (Wildman–Crippen LogP) is 1.96. The SMILES string of the molecule is CC(CC#N)N(C)c1ncccc1F. The van der Waals surface area contributed by atoms with E-state index in [2.05, 4.69) is 4.98 Å². The average Bonchev–Trinajstić information content (AvgIpc) is 2.18. The van der Waals surface area contributed by atoms with Gasteiger partial charge in [-0.15, -0.1) is 0 Å². The Morgan fingerprint density at radius 3 is 3.00 bits per heavy atom. The van der Waals surface area contributed by atoms with Crippen molar-refractivity contribution < 1.29 is 4.39 Å². The molecule has 0 spiro atoms. The van der Waals surface area contributed by atoms with Crippen LogP contribution in [0.1, 0.15) is 13.3 Å². The summed E-state index contributed by atoms with van der Waals surface area (Å²) in [7, 11) is 1.73. The number of rotatable bonds is 3. The van der Waals surface area contributed by atoms with Gasteiger partial charge in [0.1, 0.15) is 0 Å². The third kappa shape index (κ3) is 2.19. The monoisotopic (exact) mass is 193 g/mol. The minimum Gasteiger partial charge on any atom is -0.354 e. The van der Waals surface area contributed by atoms with Gasteiger partial charge in [-0.3, -0.25) is 0 Å². The second-order valence-electron chi connectivity index (χ2n) is 3.13. The van der Waals surface area contributed by atoms with Crippen LogP contribution in [0.2, 0.25) is 0 Å². The van der Waals surface area contributed by atoms with Crippen LogP contribution in [0.15, 0.2) is 18.3 Å². The van der Waals surface area contributed by atoms with E-state index < -0.39 is 0 Å². The summed E-state index contributed by atoms with van der Waals surface area (Å²) < 4.78 is 13.3. The summed E-state index contributed by atoms with van der Waals surface area (Å²) in [5, 5.41) is 8.51. The number of halogens is 1. The molecule has 1 aromatic rings. The van der Waals surface area contributed by atoms with Gasteiger partial charge in [0.05, 0.1) is 12.5 Å². The number of aromatic nitrogens is 1. The zero-order valence-corrected chi connectivity index (χ0v) is 8.24. The van der Waals surface area contributed by atoms with Crippen LogP contribution in [-0.4, -0.2) is 18.1 Å². The number of anilines is 1. The topological polar surface area (TPSA) is 39.9 Å². The Kier molecular flexibility index (Phi) is 3.41. The molecule has 1 atom stereocenters. The fourth-order valence-corrected chi connectivity index (χ4v) is 1.11. The Morgan fingerprint density at radius 2 is 2.43 bits per heavy atom. The Labute approximate surface area is 82.8 Å². The molecular weight excluding hydrogens is 181 g/mol. The van der Waals surface area contributed by atoms with Crippen LogP contribution in [-0.2, 0) is 0 Å². The first-order valence-corrected chi connectivity index (χ1v) is 4.37.